The minimum absolute atomic E-state index is 0.0573. The average molecular weight is 367 g/mol. The number of halogens is 2. The summed E-state index contributed by atoms with van der Waals surface area (Å²) in [7, 11) is 3.82. The van der Waals surface area contributed by atoms with E-state index in [4.69, 9.17) is 4.42 Å². The number of hydrogen-bond donors (Lipinski definition) is 2. The van der Waals surface area contributed by atoms with Gasteiger partial charge in [-0.1, -0.05) is 12.1 Å². The van der Waals surface area contributed by atoms with E-state index in [1.165, 1.54) is 12.1 Å². The van der Waals surface area contributed by atoms with Gasteiger partial charge in [-0.2, -0.15) is 8.78 Å². The summed E-state index contributed by atoms with van der Waals surface area (Å²) in [5, 5.41) is 5.58. The van der Waals surface area contributed by atoms with Gasteiger partial charge in [-0.05, 0) is 50.3 Å². The lowest BCUT2D eigenvalue weighted by Gasteiger charge is -2.22. The number of hydrogen-bond acceptors (Lipinski definition) is 4. The van der Waals surface area contributed by atoms with Gasteiger partial charge >= 0.3 is 12.6 Å². The van der Waals surface area contributed by atoms with Crippen LogP contribution in [-0.4, -0.2) is 44.7 Å². The second kappa shape index (κ2) is 9.76. The third-order valence-electron chi connectivity index (χ3n) is 3.80. The van der Waals surface area contributed by atoms with E-state index < -0.39 is 6.61 Å². The molecule has 1 aromatic heterocycles. The Kier molecular flexibility index (Phi) is 7.40. The molecule has 0 aliphatic carbocycles. The van der Waals surface area contributed by atoms with Crippen LogP contribution in [-0.2, 0) is 6.42 Å². The first-order valence-corrected chi connectivity index (χ1v) is 8.21. The largest absolute Gasteiger partial charge is 0.468 e. The molecule has 2 rings (SSSR count). The van der Waals surface area contributed by atoms with Crippen molar-refractivity contribution in [1.29, 1.82) is 0 Å². The fourth-order valence-corrected chi connectivity index (χ4v) is 2.43. The number of rotatable bonds is 9. The molecule has 8 heteroatoms. The van der Waals surface area contributed by atoms with Crippen molar-refractivity contribution in [1.82, 2.24) is 15.5 Å². The molecule has 0 saturated carbocycles. The number of ether oxygens (including phenoxy) is 1. The lowest BCUT2D eigenvalue weighted by atomic mass is 10.1. The number of benzene rings is 1. The van der Waals surface area contributed by atoms with Gasteiger partial charge in [0.25, 0.3) is 0 Å². The molecule has 2 aromatic rings. The van der Waals surface area contributed by atoms with E-state index in [1.807, 2.05) is 31.1 Å². The molecule has 26 heavy (non-hydrogen) atoms. The van der Waals surface area contributed by atoms with Crippen molar-refractivity contribution in [2.45, 2.75) is 19.1 Å². The molecule has 0 aliphatic heterocycles. The molecule has 0 spiro atoms. The van der Waals surface area contributed by atoms with Crippen LogP contribution in [0.25, 0.3) is 0 Å². The number of likely N-dealkylation sites (N-methyl/N-ethyl adjacent to an activating group) is 1. The second-order valence-corrected chi connectivity index (χ2v) is 5.90. The average Bonchev–Trinajstić information content (AvgIpc) is 3.10. The Morgan fingerprint density at radius 3 is 2.50 bits per heavy atom. The van der Waals surface area contributed by atoms with E-state index >= 15 is 0 Å². The van der Waals surface area contributed by atoms with Gasteiger partial charge in [0.05, 0.1) is 12.3 Å². The molecule has 6 nitrogen and oxygen atoms in total. The molecule has 2 amide bonds. The molecule has 1 atom stereocenters. The quantitative estimate of drug-likeness (QED) is 0.715. The van der Waals surface area contributed by atoms with Crippen LogP contribution in [0.2, 0.25) is 0 Å². The first-order chi connectivity index (χ1) is 12.5. The Hall–Kier alpha value is -2.61. The van der Waals surface area contributed by atoms with Crippen molar-refractivity contribution in [3.05, 3.63) is 54.0 Å². The summed E-state index contributed by atoms with van der Waals surface area (Å²) in [4.78, 5) is 13.9. The normalized spacial score (nSPS) is 12.2. The van der Waals surface area contributed by atoms with Crippen molar-refractivity contribution in [3.63, 3.8) is 0 Å². The molecular weight excluding hydrogens is 344 g/mol. The highest BCUT2D eigenvalue weighted by atomic mass is 19.3. The highest BCUT2D eigenvalue weighted by Gasteiger charge is 2.17. The molecule has 0 bridgehead atoms. The molecule has 142 valence electrons. The van der Waals surface area contributed by atoms with Crippen molar-refractivity contribution in [2.24, 2.45) is 0 Å². The number of carbonyl (C=O) groups is 1. The summed E-state index contributed by atoms with van der Waals surface area (Å²) in [6.45, 7) is -2.00. The van der Waals surface area contributed by atoms with Gasteiger partial charge in [0.15, 0.2) is 0 Å². The maximum atomic E-state index is 12.1. The lowest BCUT2D eigenvalue weighted by Crippen LogP contribution is -2.41. The lowest BCUT2D eigenvalue weighted by molar-refractivity contribution is -0.0498. The second-order valence-electron chi connectivity index (χ2n) is 5.90. The molecule has 0 aliphatic rings. The summed E-state index contributed by atoms with van der Waals surface area (Å²) in [5.74, 6) is 0.892. The predicted octanol–water partition coefficient (Wildman–Crippen LogP) is 3.03. The number of furan rings is 1. The molecule has 1 unspecified atom stereocenters. The fourth-order valence-electron chi connectivity index (χ4n) is 2.43. The van der Waals surface area contributed by atoms with E-state index in [0.29, 0.717) is 19.5 Å². The summed E-state index contributed by atoms with van der Waals surface area (Å²) in [6.07, 6.45) is 2.18. The number of nitrogens with one attached hydrogen (secondary N) is 2. The number of nitrogens with zero attached hydrogens (tertiary/aromatic N) is 1. The molecule has 1 heterocycles. The zero-order valence-corrected chi connectivity index (χ0v) is 14.7. The standard InChI is InChI=1S/C18H23F2N3O3/c1-23(2)15(16-4-3-11-25-16)12-22-18(24)21-10-9-13-5-7-14(8-6-13)26-17(19)20/h3-8,11,15,17H,9-10,12H2,1-2H3,(H2,21,22,24). The smallest absolute Gasteiger partial charge is 0.387 e. The number of alkyl halides is 2. The Labute approximate surface area is 151 Å². The van der Waals surface area contributed by atoms with Crippen LogP contribution in [0.4, 0.5) is 13.6 Å². The molecule has 2 N–H and O–H groups in total. The van der Waals surface area contributed by atoms with E-state index in [9.17, 15) is 13.6 Å². The topological polar surface area (TPSA) is 66.7 Å². The zero-order chi connectivity index (χ0) is 18.9. The molecule has 1 aromatic carbocycles. The maximum absolute atomic E-state index is 12.1. The van der Waals surface area contributed by atoms with Crippen LogP contribution in [0.3, 0.4) is 0 Å². The summed E-state index contributed by atoms with van der Waals surface area (Å²) < 4.78 is 33.9. The SMILES string of the molecule is CN(C)C(CNC(=O)NCCc1ccc(OC(F)F)cc1)c1ccco1. The Morgan fingerprint density at radius 2 is 1.92 bits per heavy atom. The van der Waals surface area contributed by atoms with Gasteiger partial charge < -0.3 is 19.8 Å². The van der Waals surface area contributed by atoms with Gasteiger partial charge in [0.2, 0.25) is 0 Å². The Morgan fingerprint density at radius 1 is 1.19 bits per heavy atom. The van der Waals surface area contributed by atoms with Crippen LogP contribution in [0.15, 0.2) is 47.1 Å². The summed E-state index contributed by atoms with van der Waals surface area (Å²) in [5.41, 5.74) is 0.911. The van der Waals surface area contributed by atoms with Gasteiger partial charge in [-0.25, -0.2) is 4.79 Å². The minimum Gasteiger partial charge on any atom is -0.468 e. The summed E-state index contributed by atoms with van der Waals surface area (Å²) >= 11 is 0. The zero-order valence-electron chi connectivity index (χ0n) is 14.7. The highest BCUT2D eigenvalue weighted by molar-refractivity contribution is 5.73. The predicted molar refractivity (Wildman–Crippen MR) is 93.3 cm³/mol. The van der Waals surface area contributed by atoms with Crippen LogP contribution in [0.5, 0.6) is 5.75 Å². The Bertz CT molecular complexity index is 661. The molecule has 0 saturated heterocycles. The monoisotopic (exact) mass is 367 g/mol. The first kappa shape index (κ1) is 19.7. The first-order valence-electron chi connectivity index (χ1n) is 8.21. The Balaban J connectivity index is 1.71. The van der Waals surface area contributed by atoms with Gasteiger partial charge in [-0.3, -0.25) is 4.90 Å². The van der Waals surface area contributed by atoms with Gasteiger partial charge in [0.1, 0.15) is 11.5 Å². The molecular formula is C18H23F2N3O3. The number of urea groups is 1. The van der Waals surface area contributed by atoms with E-state index in [1.54, 1.807) is 18.4 Å². The van der Waals surface area contributed by atoms with Gasteiger partial charge in [-0.15, -0.1) is 0 Å². The van der Waals surface area contributed by atoms with E-state index in [-0.39, 0.29) is 17.8 Å². The molecule has 0 radical (unpaired) electrons. The number of carbonyl (C=O) groups excluding carboxylic acids is 1. The third-order valence-corrected chi connectivity index (χ3v) is 3.80. The van der Waals surface area contributed by atoms with Crippen molar-refractivity contribution in [2.75, 3.05) is 27.2 Å². The van der Waals surface area contributed by atoms with E-state index in [0.717, 1.165) is 11.3 Å². The highest BCUT2D eigenvalue weighted by Crippen LogP contribution is 2.17. The van der Waals surface area contributed by atoms with Gasteiger partial charge in [0, 0.05) is 13.1 Å². The van der Waals surface area contributed by atoms with Crippen molar-refractivity contribution >= 4 is 6.03 Å². The molecule has 0 fully saturated rings. The van der Waals surface area contributed by atoms with Crippen molar-refractivity contribution < 1.29 is 22.7 Å². The van der Waals surface area contributed by atoms with Crippen LogP contribution in [0.1, 0.15) is 17.4 Å². The van der Waals surface area contributed by atoms with Crippen molar-refractivity contribution in [3.8, 4) is 5.75 Å². The summed E-state index contributed by atoms with van der Waals surface area (Å²) in [6, 6.07) is 9.68. The van der Waals surface area contributed by atoms with Crippen LogP contribution in [0, 0.1) is 0 Å². The minimum atomic E-state index is -2.83. The number of amides is 2. The van der Waals surface area contributed by atoms with Crippen LogP contribution >= 0.6 is 0 Å². The van der Waals surface area contributed by atoms with E-state index in [2.05, 4.69) is 15.4 Å². The third kappa shape index (κ3) is 6.36. The maximum Gasteiger partial charge on any atom is 0.387 e. The fraction of sp³-hybridized carbons (Fsp3) is 0.389. The van der Waals surface area contributed by atoms with Crippen LogP contribution < -0.4 is 15.4 Å².